The lowest BCUT2D eigenvalue weighted by Gasteiger charge is -2.12. The summed E-state index contributed by atoms with van der Waals surface area (Å²) in [7, 11) is 0.129. The van der Waals surface area contributed by atoms with Crippen molar-refractivity contribution in [3.63, 3.8) is 0 Å². The quantitative estimate of drug-likeness (QED) is 0.372. The standard InChI is InChI=1S/C13H22N4O3S/c1-14-13(15-7-8-17-21(3,18)19)16-10-11-5-4-6-12(9-11)20-2/h4-6,9,17H,7-8,10H2,1-3H3,(H2,14,15,16). The molecule has 0 radical (unpaired) electrons. The lowest BCUT2D eigenvalue weighted by atomic mass is 10.2. The summed E-state index contributed by atoms with van der Waals surface area (Å²) < 4.78 is 29.4. The number of aliphatic imine (C=N–C) groups is 1. The summed E-state index contributed by atoms with van der Waals surface area (Å²) in [5.74, 6) is 1.41. The molecule has 1 aromatic carbocycles. The van der Waals surface area contributed by atoms with Crippen LogP contribution in [-0.4, -0.2) is 47.9 Å². The maximum Gasteiger partial charge on any atom is 0.208 e. The number of benzene rings is 1. The molecule has 0 aliphatic heterocycles. The van der Waals surface area contributed by atoms with Gasteiger partial charge in [0.2, 0.25) is 10.0 Å². The minimum absolute atomic E-state index is 0.304. The van der Waals surface area contributed by atoms with E-state index in [1.807, 2.05) is 24.3 Å². The number of ether oxygens (including phenoxy) is 1. The van der Waals surface area contributed by atoms with Crippen molar-refractivity contribution in [1.82, 2.24) is 15.4 Å². The fourth-order valence-electron chi connectivity index (χ4n) is 1.61. The van der Waals surface area contributed by atoms with Crippen LogP contribution in [0.25, 0.3) is 0 Å². The van der Waals surface area contributed by atoms with Gasteiger partial charge in [-0.1, -0.05) is 12.1 Å². The number of nitrogens with zero attached hydrogens (tertiary/aromatic N) is 1. The van der Waals surface area contributed by atoms with E-state index >= 15 is 0 Å². The molecular formula is C13H22N4O3S. The highest BCUT2D eigenvalue weighted by atomic mass is 32.2. The average Bonchev–Trinajstić information content (AvgIpc) is 2.45. The molecule has 1 aromatic rings. The van der Waals surface area contributed by atoms with Gasteiger partial charge in [0.15, 0.2) is 5.96 Å². The van der Waals surface area contributed by atoms with Crippen LogP contribution in [0.1, 0.15) is 5.56 Å². The Labute approximate surface area is 125 Å². The Hall–Kier alpha value is -1.80. The molecule has 8 heteroatoms. The molecule has 0 heterocycles. The van der Waals surface area contributed by atoms with Crippen LogP contribution < -0.4 is 20.1 Å². The number of guanidine groups is 1. The van der Waals surface area contributed by atoms with Gasteiger partial charge in [-0.05, 0) is 17.7 Å². The van der Waals surface area contributed by atoms with E-state index in [1.54, 1.807) is 14.2 Å². The Morgan fingerprint density at radius 1 is 1.29 bits per heavy atom. The topological polar surface area (TPSA) is 91.8 Å². The van der Waals surface area contributed by atoms with Crippen molar-refractivity contribution in [2.45, 2.75) is 6.54 Å². The molecule has 0 atom stereocenters. The first kappa shape index (κ1) is 17.3. The molecule has 0 spiro atoms. The molecule has 0 amide bonds. The molecule has 0 aromatic heterocycles. The van der Waals surface area contributed by atoms with Crippen molar-refractivity contribution >= 4 is 16.0 Å². The van der Waals surface area contributed by atoms with Crippen molar-refractivity contribution in [3.05, 3.63) is 29.8 Å². The van der Waals surface area contributed by atoms with Crippen LogP contribution in [0, 0.1) is 0 Å². The molecule has 118 valence electrons. The maximum atomic E-state index is 10.9. The highest BCUT2D eigenvalue weighted by molar-refractivity contribution is 7.88. The number of nitrogens with one attached hydrogen (secondary N) is 3. The van der Waals surface area contributed by atoms with Gasteiger partial charge in [-0.3, -0.25) is 4.99 Å². The molecule has 7 nitrogen and oxygen atoms in total. The molecule has 21 heavy (non-hydrogen) atoms. The third-order valence-electron chi connectivity index (χ3n) is 2.60. The number of rotatable bonds is 7. The number of hydrogen-bond donors (Lipinski definition) is 3. The second-order valence-corrected chi connectivity index (χ2v) is 6.20. The SMILES string of the molecule is CN=C(NCCNS(C)(=O)=O)NCc1cccc(OC)c1. The molecule has 0 fully saturated rings. The van der Waals surface area contributed by atoms with E-state index in [-0.39, 0.29) is 0 Å². The molecule has 3 N–H and O–H groups in total. The first-order valence-corrected chi connectivity index (χ1v) is 8.36. The van der Waals surface area contributed by atoms with Crippen LogP contribution in [0.3, 0.4) is 0 Å². The Kier molecular flexibility index (Phi) is 6.97. The van der Waals surface area contributed by atoms with Gasteiger partial charge >= 0.3 is 0 Å². The van der Waals surface area contributed by atoms with Crippen LogP contribution in [-0.2, 0) is 16.6 Å². The van der Waals surface area contributed by atoms with Gasteiger partial charge in [-0.25, -0.2) is 13.1 Å². The Bertz CT molecular complexity index is 573. The second-order valence-electron chi connectivity index (χ2n) is 4.37. The van der Waals surface area contributed by atoms with E-state index in [1.165, 1.54) is 0 Å². The molecule has 1 rings (SSSR count). The van der Waals surface area contributed by atoms with Gasteiger partial charge in [0.05, 0.1) is 13.4 Å². The number of sulfonamides is 1. The molecule has 0 saturated carbocycles. The van der Waals surface area contributed by atoms with Crippen LogP contribution >= 0.6 is 0 Å². The summed E-state index contributed by atoms with van der Waals surface area (Å²) in [6, 6.07) is 7.72. The summed E-state index contributed by atoms with van der Waals surface area (Å²) in [5.41, 5.74) is 1.06. The minimum atomic E-state index is -3.16. The van der Waals surface area contributed by atoms with Crippen LogP contribution in [0.2, 0.25) is 0 Å². The van der Waals surface area contributed by atoms with E-state index in [9.17, 15) is 8.42 Å². The monoisotopic (exact) mass is 314 g/mol. The first-order chi connectivity index (χ1) is 9.94. The van der Waals surface area contributed by atoms with Crippen LogP contribution in [0.15, 0.2) is 29.3 Å². The van der Waals surface area contributed by atoms with Crippen molar-refractivity contribution in [2.24, 2.45) is 4.99 Å². The van der Waals surface area contributed by atoms with Gasteiger partial charge in [-0.2, -0.15) is 0 Å². The van der Waals surface area contributed by atoms with E-state index < -0.39 is 10.0 Å². The van der Waals surface area contributed by atoms with Gasteiger partial charge in [0.25, 0.3) is 0 Å². The van der Waals surface area contributed by atoms with Gasteiger partial charge in [0, 0.05) is 26.7 Å². The summed E-state index contributed by atoms with van der Waals surface area (Å²) in [6.45, 7) is 1.35. The molecule has 0 unspecified atom stereocenters. The van der Waals surface area contributed by atoms with E-state index in [2.05, 4.69) is 20.3 Å². The third-order valence-corrected chi connectivity index (χ3v) is 3.33. The van der Waals surface area contributed by atoms with E-state index in [0.717, 1.165) is 17.6 Å². The maximum absolute atomic E-state index is 10.9. The number of hydrogen-bond acceptors (Lipinski definition) is 4. The molecule has 0 aliphatic carbocycles. The smallest absolute Gasteiger partial charge is 0.208 e. The summed E-state index contributed by atoms with van der Waals surface area (Å²) in [5, 5.41) is 6.16. The molecule has 0 bridgehead atoms. The fourth-order valence-corrected chi connectivity index (χ4v) is 2.08. The van der Waals surface area contributed by atoms with Crippen molar-refractivity contribution in [3.8, 4) is 5.75 Å². The largest absolute Gasteiger partial charge is 0.497 e. The Balaban J connectivity index is 2.37. The summed E-state index contributed by atoms with van der Waals surface area (Å²) in [4.78, 5) is 4.07. The van der Waals surface area contributed by atoms with E-state index in [4.69, 9.17) is 4.74 Å². The number of methoxy groups -OCH3 is 1. The zero-order valence-corrected chi connectivity index (χ0v) is 13.3. The van der Waals surface area contributed by atoms with Crippen LogP contribution in [0.5, 0.6) is 5.75 Å². The minimum Gasteiger partial charge on any atom is -0.497 e. The highest BCUT2D eigenvalue weighted by Crippen LogP contribution is 2.11. The Morgan fingerprint density at radius 2 is 2.05 bits per heavy atom. The lowest BCUT2D eigenvalue weighted by molar-refractivity contribution is 0.414. The predicted molar refractivity (Wildman–Crippen MR) is 84.0 cm³/mol. The van der Waals surface area contributed by atoms with Crippen molar-refractivity contribution < 1.29 is 13.2 Å². The summed E-state index contributed by atoms with van der Waals surface area (Å²) in [6.07, 6.45) is 1.13. The first-order valence-electron chi connectivity index (χ1n) is 6.46. The zero-order chi connectivity index (χ0) is 15.7. The lowest BCUT2D eigenvalue weighted by Crippen LogP contribution is -2.41. The molecular weight excluding hydrogens is 292 g/mol. The third kappa shape index (κ3) is 7.52. The fraction of sp³-hybridized carbons (Fsp3) is 0.462. The second kappa shape index (κ2) is 8.48. The van der Waals surface area contributed by atoms with Gasteiger partial charge < -0.3 is 15.4 Å². The van der Waals surface area contributed by atoms with Gasteiger partial charge in [-0.15, -0.1) is 0 Å². The van der Waals surface area contributed by atoms with Crippen molar-refractivity contribution in [1.29, 1.82) is 0 Å². The Morgan fingerprint density at radius 3 is 2.67 bits per heavy atom. The predicted octanol–water partition coefficient (Wildman–Crippen LogP) is -0.0906. The van der Waals surface area contributed by atoms with Crippen LogP contribution in [0.4, 0.5) is 0 Å². The van der Waals surface area contributed by atoms with Crippen molar-refractivity contribution in [2.75, 3.05) is 33.5 Å². The van der Waals surface area contributed by atoms with E-state index in [0.29, 0.717) is 25.6 Å². The molecule has 0 aliphatic rings. The summed E-state index contributed by atoms with van der Waals surface area (Å²) >= 11 is 0. The average molecular weight is 314 g/mol. The normalized spacial score (nSPS) is 12.0. The van der Waals surface area contributed by atoms with Gasteiger partial charge in [0.1, 0.15) is 5.75 Å². The zero-order valence-electron chi connectivity index (χ0n) is 12.5. The highest BCUT2D eigenvalue weighted by Gasteiger charge is 2.01. The molecule has 0 saturated heterocycles.